The predicted molar refractivity (Wildman–Crippen MR) is 142 cm³/mol. The Morgan fingerprint density at radius 3 is 2.38 bits per heavy atom. The standard InChI is InChI=1S/C24H43N5O3Si2/c1-23(2,3)33(7,8)30-14-18-17(32-34(9,10)24(4,5)6)13-19(31-18)29-16-26-20-21-25-11-12-28(21)15-27-22(20)29/h15-19H,11-14H2,1-10H3/t17-,18-,19-/m1/s1. The van der Waals surface area contributed by atoms with Crippen LogP contribution in [0.3, 0.4) is 0 Å². The number of rotatable bonds is 6. The van der Waals surface area contributed by atoms with Gasteiger partial charge in [0.05, 0.1) is 31.9 Å². The highest BCUT2D eigenvalue weighted by Gasteiger charge is 2.47. The Balaban J connectivity index is 1.58. The van der Waals surface area contributed by atoms with Gasteiger partial charge in [0.2, 0.25) is 0 Å². The molecule has 0 aliphatic carbocycles. The van der Waals surface area contributed by atoms with Crippen LogP contribution in [-0.2, 0) is 13.6 Å². The molecule has 190 valence electrons. The first-order chi connectivity index (χ1) is 15.6. The van der Waals surface area contributed by atoms with Crippen molar-refractivity contribution in [2.45, 2.75) is 103 Å². The van der Waals surface area contributed by atoms with Gasteiger partial charge in [-0.15, -0.1) is 0 Å². The molecule has 0 spiro atoms. The van der Waals surface area contributed by atoms with E-state index in [4.69, 9.17) is 18.6 Å². The van der Waals surface area contributed by atoms with Crippen molar-refractivity contribution in [3.63, 3.8) is 0 Å². The van der Waals surface area contributed by atoms with E-state index in [0.29, 0.717) is 6.61 Å². The topological polar surface area (TPSA) is 73.5 Å². The molecule has 4 rings (SSSR count). The summed E-state index contributed by atoms with van der Waals surface area (Å²) >= 11 is 0. The van der Waals surface area contributed by atoms with Crippen LogP contribution in [0, 0.1) is 0 Å². The zero-order valence-electron chi connectivity index (χ0n) is 22.7. The van der Waals surface area contributed by atoms with Crippen LogP contribution in [-0.4, -0.2) is 75.2 Å². The number of aliphatic imine (C=N–C) groups is 2. The van der Waals surface area contributed by atoms with Crippen LogP contribution < -0.4 is 0 Å². The van der Waals surface area contributed by atoms with Crippen molar-refractivity contribution in [3.05, 3.63) is 12.0 Å². The van der Waals surface area contributed by atoms with Gasteiger partial charge in [0, 0.05) is 13.0 Å². The third-order valence-corrected chi connectivity index (χ3v) is 17.3. The number of ether oxygens (including phenoxy) is 1. The summed E-state index contributed by atoms with van der Waals surface area (Å²) in [6.07, 6.45) is 4.12. The molecule has 1 fully saturated rings. The number of nitrogens with zero attached hydrogens (tertiary/aromatic N) is 5. The second-order valence-electron chi connectivity index (χ2n) is 12.8. The van der Waals surface area contributed by atoms with E-state index >= 15 is 0 Å². The van der Waals surface area contributed by atoms with Crippen molar-refractivity contribution >= 4 is 34.6 Å². The van der Waals surface area contributed by atoms with Crippen LogP contribution in [0.5, 0.6) is 0 Å². The molecule has 3 aliphatic rings. The molecule has 0 unspecified atom stereocenters. The third-order valence-electron chi connectivity index (χ3n) is 8.33. The summed E-state index contributed by atoms with van der Waals surface area (Å²) in [5.41, 5.74) is 0.839. The average Bonchev–Trinajstić information content (AvgIpc) is 3.41. The molecule has 0 radical (unpaired) electrons. The number of fused-ring (bicyclic) bond motifs is 3. The Bertz CT molecular complexity index is 974. The fraction of sp³-hybridized carbons (Fsp3) is 0.792. The lowest BCUT2D eigenvalue weighted by molar-refractivity contribution is -0.0390. The molecular weight excluding hydrogens is 462 g/mol. The monoisotopic (exact) mass is 505 g/mol. The molecular formula is C24H43N5O3Si2. The maximum absolute atomic E-state index is 6.91. The fourth-order valence-electron chi connectivity index (χ4n) is 3.97. The number of imidazole rings is 1. The van der Waals surface area contributed by atoms with Gasteiger partial charge in [-0.2, -0.15) is 0 Å². The molecule has 34 heavy (non-hydrogen) atoms. The van der Waals surface area contributed by atoms with Crippen molar-refractivity contribution in [2.24, 2.45) is 9.98 Å². The minimum atomic E-state index is -1.99. The smallest absolute Gasteiger partial charge is 0.192 e. The number of hydrogen-bond donors (Lipinski definition) is 0. The van der Waals surface area contributed by atoms with E-state index < -0.39 is 16.6 Å². The van der Waals surface area contributed by atoms with E-state index in [1.807, 2.05) is 12.7 Å². The highest BCUT2D eigenvalue weighted by molar-refractivity contribution is 6.74. The molecule has 1 aromatic rings. The van der Waals surface area contributed by atoms with Crippen molar-refractivity contribution in [3.8, 4) is 0 Å². The Hall–Kier alpha value is -1.34. The van der Waals surface area contributed by atoms with Crippen LogP contribution in [0.4, 0.5) is 5.82 Å². The lowest BCUT2D eigenvalue weighted by atomic mass is 10.2. The summed E-state index contributed by atoms with van der Waals surface area (Å²) in [6, 6.07) is 0. The summed E-state index contributed by atoms with van der Waals surface area (Å²) < 4.78 is 22.2. The van der Waals surface area contributed by atoms with Gasteiger partial charge in [0.1, 0.15) is 12.3 Å². The van der Waals surface area contributed by atoms with Crippen molar-refractivity contribution in [1.82, 2.24) is 14.5 Å². The van der Waals surface area contributed by atoms with Gasteiger partial charge in [-0.1, -0.05) is 41.5 Å². The first-order valence-electron chi connectivity index (χ1n) is 12.5. The van der Waals surface area contributed by atoms with Gasteiger partial charge in [-0.05, 0) is 36.3 Å². The van der Waals surface area contributed by atoms with E-state index in [0.717, 1.165) is 36.9 Å². The minimum Gasteiger partial charge on any atom is -0.414 e. The Kier molecular flexibility index (Phi) is 6.55. The predicted octanol–water partition coefficient (Wildman–Crippen LogP) is 5.32. The fourth-order valence-corrected chi connectivity index (χ4v) is 6.34. The average molecular weight is 506 g/mol. The van der Waals surface area contributed by atoms with Gasteiger partial charge < -0.3 is 18.5 Å². The number of amidine groups is 1. The van der Waals surface area contributed by atoms with E-state index in [1.54, 1.807) is 0 Å². The maximum Gasteiger partial charge on any atom is 0.192 e. The molecule has 1 aromatic heterocycles. The zero-order chi connectivity index (χ0) is 25.1. The van der Waals surface area contributed by atoms with E-state index in [-0.39, 0.29) is 28.5 Å². The van der Waals surface area contributed by atoms with Crippen molar-refractivity contribution in [2.75, 3.05) is 19.7 Å². The first-order valence-corrected chi connectivity index (χ1v) is 18.3. The summed E-state index contributed by atoms with van der Waals surface area (Å²) in [5.74, 6) is 1.73. The molecule has 10 heteroatoms. The van der Waals surface area contributed by atoms with Crippen LogP contribution in [0.1, 0.15) is 59.9 Å². The van der Waals surface area contributed by atoms with Crippen LogP contribution >= 0.6 is 0 Å². The van der Waals surface area contributed by atoms with Crippen molar-refractivity contribution < 1.29 is 13.6 Å². The largest absolute Gasteiger partial charge is 0.414 e. The minimum absolute atomic E-state index is 0.0263. The van der Waals surface area contributed by atoms with Gasteiger partial charge in [-0.25, -0.2) is 9.98 Å². The third kappa shape index (κ3) is 4.71. The van der Waals surface area contributed by atoms with Gasteiger partial charge >= 0.3 is 0 Å². The molecule has 8 nitrogen and oxygen atoms in total. The van der Waals surface area contributed by atoms with Gasteiger partial charge in [0.15, 0.2) is 34.0 Å². The highest BCUT2D eigenvalue weighted by atomic mass is 28.4. The van der Waals surface area contributed by atoms with Crippen LogP contribution in [0.25, 0.3) is 0 Å². The summed E-state index contributed by atoms with van der Waals surface area (Å²) in [7, 11) is -3.90. The van der Waals surface area contributed by atoms with Gasteiger partial charge in [-0.3, -0.25) is 9.56 Å². The number of hydrogen-bond acceptors (Lipinski definition) is 7. The lowest BCUT2D eigenvalue weighted by Gasteiger charge is -2.40. The second-order valence-corrected chi connectivity index (χ2v) is 22.4. The molecule has 0 bridgehead atoms. The second kappa shape index (κ2) is 8.65. The molecule has 0 N–H and O–H groups in total. The van der Waals surface area contributed by atoms with E-state index in [9.17, 15) is 0 Å². The molecule has 0 saturated carbocycles. The van der Waals surface area contributed by atoms with E-state index in [2.05, 4.69) is 87.2 Å². The quantitative estimate of drug-likeness (QED) is 0.489. The SMILES string of the molecule is CC(C)(C)[Si](C)(C)OC[C@H]1O[C@@H](n2cnc3c2N=CN2CCN=C32)C[C@H]1O[Si](C)(C)C(C)(C)C. The zero-order valence-corrected chi connectivity index (χ0v) is 24.7. The maximum atomic E-state index is 6.91. The molecule has 1 saturated heterocycles. The summed E-state index contributed by atoms with van der Waals surface area (Å²) in [4.78, 5) is 16.1. The summed E-state index contributed by atoms with van der Waals surface area (Å²) in [5, 5.41) is 0.269. The van der Waals surface area contributed by atoms with E-state index in [1.165, 1.54) is 0 Å². The Labute approximate surface area is 207 Å². The first kappa shape index (κ1) is 25.7. The molecule has 3 aliphatic heterocycles. The van der Waals surface area contributed by atoms with Crippen LogP contribution in [0.2, 0.25) is 36.3 Å². The molecule has 0 aromatic carbocycles. The molecule has 0 amide bonds. The lowest BCUT2D eigenvalue weighted by Crippen LogP contribution is -2.48. The Morgan fingerprint density at radius 2 is 1.74 bits per heavy atom. The normalized spacial score (nSPS) is 25.5. The van der Waals surface area contributed by atoms with Gasteiger partial charge in [0.25, 0.3) is 0 Å². The summed E-state index contributed by atoms with van der Waals surface area (Å²) in [6.45, 7) is 25.0. The highest BCUT2D eigenvalue weighted by Crippen LogP contribution is 2.43. The molecule has 3 atom stereocenters. The van der Waals surface area contributed by atoms with Crippen LogP contribution in [0.15, 0.2) is 16.3 Å². The Morgan fingerprint density at radius 1 is 1.06 bits per heavy atom. The van der Waals surface area contributed by atoms with Crippen molar-refractivity contribution in [1.29, 1.82) is 0 Å². The number of aromatic nitrogens is 2. The molecule has 4 heterocycles.